The topological polar surface area (TPSA) is 64.1 Å². The van der Waals surface area contributed by atoms with E-state index in [-0.39, 0.29) is 23.7 Å². The van der Waals surface area contributed by atoms with Gasteiger partial charge in [-0.15, -0.1) is 0 Å². The first-order chi connectivity index (χ1) is 14.4. The van der Waals surface area contributed by atoms with Crippen LogP contribution in [0.25, 0.3) is 0 Å². The van der Waals surface area contributed by atoms with E-state index in [1.54, 1.807) is 6.07 Å². The average Bonchev–Trinajstić information content (AvgIpc) is 3.28. The normalized spacial score (nSPS) is 24.2. The number of benzene rings is 1. The number of rotatable bonds is 3. The zero-order valence-electron chi connectivity index (χ0n) is 17.6. The zero-order chi connectivity index (χ0) is 21.1. The molecule has 30 heavy (non-hydrogen) atoms. The summed E-state index contributed by atoms with van der Waals surface area (Å²) in [5.41, 5.74) is -0.129. The van der Waals surface area contributed by atoms with Gasteiger partial charge in [0.1, 0.15) is 5.82 Å². The van der Waals surface area contributed by atoms with Crippen LogP contribution in [0, 0.1) is 11.7 Å². The van der Waals surface area contributed by atoms with Crippen LogP contribution in [0.1, 0.15) is 44.1 Å². The fourth-order valence-electron chi connectivity index (χ4n) is 5.07. The van der Waals surface area contributed by atoms with Gasteiger partial charge < -0.3 is 19.8 Å². The van der Waals surface area contributed by atoms with Crippen molar-refractivity contribution in [2.75, 3.05) is 39.3 Å². The van der Waals surface area contributed by atoms with Gasteiger partial charge in [0.2, 0.25) is 5.91 Å². The quantitative estimate of drug-likeness (QED) is 0.822. The Morgan fingerprint density at radius 3 is 2.40 bits per heavy atom. The van der Waals surface area contributed by atoms with Crippen molar-refractivity contribution in [3.05, 3.63) is 35.6 Å². The molecule has 1 aromatic rings. The van der Waals surface area contributed by atoms with Crippen LogP contribution in [-0.2, 0) is 11.2 Å². The van der Waals surface area contributed by atoms with E-state index in [9.17, 15) is 19.1 Å². The first-order valence-corrected chi connectivity index (χ1v) is 11.2. The molecule has 0 bridgehead atoms. The molecule has 3 saturated heterocycles. The van der Waals surface area contributed by atoms with Crippen LogP contribution in [0.5, 0.6) is 0 Å². The molecular weight excluding hydrogens is 385 g/mol. The van der Waals surface area contributed by atoms with Gasteiger partial charge in [0.15, 0.2) is 0 Å². The number of aliphatic hydroxyl groups is 1. The predicted octanol–water partition coefficient (Wildman–Crippen LogP) is 2.65. The van der Waals surface area contributed by atoms with E-state index < -0.39 is 5.60 Å². The molecule has 0 spiro atoms. The van der Waals surface area contributed by atoms with E-state index in [1.807, 2.05) is 20.8 Å². The van der Waals surface area contributed by atoms with Crippen molar-refractivity contribution in [2.24, 2.45) is 5.92 Å². The monoisotopic (exact) mass is 417 g/mol. The van der Waals surface area contributed by atoms with Gasteiger partial charge in [-0.3, -0.25) is 4.79 Å². The Kier molecular flexibility index (Phi) is 6.27. The van der Waals surface area contributed by atoms with E-state index in [2.05, 4.69) is 0 Å². The second kappa shape index (κ2) is 8.92. The van der Waals surface area contributed by atoms with Crippen LogP contribution in [-0.4, -0.2) is 76.6 Å². The molecule has 3 aliphatic heterocycles. The predicted molar refractivity (Wildman–Crippen MR) is 111 cm³/mol. The van der Waals surface area contributed by atoms with Gasteiger partial charge in [0.05, 0.1) is 11.5 Å². The van der Waals surface area contributed by atoms with Gasteiger partial charge in [-0.05, 0) is 56.2 Å². The molecule has 3 aliphatic rings. The van der Waals surface area contributed by atoms with E-state index in [0.29, 0.717) is 38.9 Å². The van der Waals surface area contributed by atoms with Crippen molar-refractivity contribution >= 4 is 11.9 Å². The van der Waals surface area contributed by atoms with Crippen molar-refractivity contribution in [3.8, 4) is 0 Å². The molecule has 0 saturated carbocycles. The molecule has 1 unspecified atom stereocenters. The maximum atomic E-state index is 13.4. The fourth-order valence-corrected chi connectivity index (χ4v) is 5.07. The SMILES string of the molecule is O=C(C1CCCN(C(=O)N2CCCC2)C1)N1CCC(O)(Cc2cccc(F)c2)CC1. The molecule has 3 amide bonds. The van der Waals surface area contributed by atoms with Crippen LogP contribution >= 0.6 is 0 Å². The average molecular weight is 418 g/mol. The number of carbonyl (C=O) groups is 2. The number of halogens is 1. The molecule has 0 aliphatic carbocycles. The second-order valence-corrected chi connectivity index (χ2v) is 9.12. The summed E-state index contributed by atoms with van der Waals surface area (Å²) in [6.07, 6.45) is 5.16. The van der Waals surface area contributed by atoms with Crippen LogP contribution in [0.2, 0.25) is 0 Å². The van der Waals surface area contributed by atoms with Gasteiger partial charge >= 0.3 is 6.03 Å². The molecule has 4 rings (SSSR count). The zero-order valence-corrected chi connectivity index (χ0v) is 17.6. The molecule has 0 radical (unpaired) electrons. The summed E-state index contributed by atoms with van der Waals surface area (Å²) in [4.78, 5) is 31.4. The molecular formula is C23H32FN3O3. The van der Waals surface area contributed by atoms with Crippen LogP contribution < -0.4 is 0 Å². The van der Waals surface area contributed by atoms with E-state index in [4.69, 9.17) is 0 Å². The number of amides is 3. The minimum atomic E-state index is -0.908. The lowest BCUT2D eigenvalue weighted by Gasteiger charge is -2.41. The van der Waals surface area contributed by atoms with Crippen LogP contribution in [0.15, 0.2) is 24.3 Å². The maximum Gasteiger partial charge on any atom is 0.320 e. The minimum Gasteiger partial charge on any atom is -0.389 e. The van der Waals surface area contributed by atoms with Crippen molar-refractivity contribution in [2.45, 2.75) is 50.5 Å². The highest BCUT2D eigenvalue weighted by atomic mass is 19.1. The Hall–Kier alpha value is -2.15. The first kappa shape index (κ1) is 21.1. The summed E-state index contributed by atoms with van der Waals surface area (Å²) < 4.78 is 13.4. The number of likely N-dealkylation sites (tertiary alicyclic amines) is 3. The highest BCUT2D eigenvalue weighted by molar-refractivity contribution is 5.81. The van der Waals surface area contributed by atoms with E-state index >= 15 is 0 Å². The number of urea groups is 1. The molecule has 164 valence electrons. The summed E-state index contributed by atoms with van der Waals surface area (Å²) in [5.74, 6) is -0.351. The Balaban J connectivity index is 1.30. The molecule has 1 N–H and O–H groups in total. The Labute approximate surface area is 177 Å². The fraction of sp³-hybridized carbons (Fsp3) is 0.652. The Morgan fingerprint density at radius 2 is 1.70 bits per heavy atom. The van der Waals surface area contributed by atoms with E-state index in [1.165, 1.54) is 12.1 Å². The van der Waals surface area contributed by atoms with Crippen molar-refractivity contribution < 1.29 is 19.1 Å². The number of hydrogen-bond donors (Lipinski definition) is 1. The summed E-state index contributed by atoms with van der Waals surface area (Å²) >= 11 is 0. The molecule has 7 heteroatoms. The standard InChI is InChI=1S/C23H32FN3O3/c24-20-7-3-5-18(15-20)16-23(30)8-13-25(14-9-23)21(28)19-6-4-12-27(17-19)22(29)26-10-1-2-11-26/h3,5,7,15,19,30H,1-2,4,6,8-14,16-17H2. The number of piperidine rings is 2. The third-order valence-electron chi connectivity index (χ3n) is 6.85. The van der Waals surface area contributed by atoms with Crippen LogP contribution in [0.4, 0.5) is 9.18 Å². The van der Waals surface area contributed by atoms with E-state index in [0.717, 1.165) is 50.9 Å². The largest absolute Gasteiger partial charge is 0.389 e. The summed E-state index contributed by atoms with van der Waals surface area (Å²) in [6, 6.07) is 6.42. The lowest BCUT2D eigenvalue weighted by molar-refractivity contribution is -0.141. The molecule has 1 aromatic carbocycles. The summed E-state index contributed by atoms with van der Waals surface area (Å²) in [5, 5.41) is 10.9. The van der Waals surface area contributed by atoms with Crippen molar-refractivity contribution in [3.63, 3.8) is 0 Å². The third-order valence-corrected chi connectivity index (χ3v) is 6.85. The molecule has 3 fully saturated rings. The Bertz CT molecular complexity index is 773. The lowest BCUT2D eigenvalue weighted by Crippen LogP contribution is -2.53. The first-order valence-electron chi connectivity index (χ1n) is 11.2. The van der Waals surface area contributed by atoms with Crippen LogP contribution in [0.3, 0.4) is 0 Å². The van der Waals surface area contributed by atoms with Gasteiger partial charge in [0.25, 0.3) is 0 Å². The molecule has 1 atom stereocenters. The van der Waals surface area contributed by atoms with Gasteiger partial charge in [-0.2, -0.15) is 0 Å². The lowest BCUT2D eigenvalue weighted by atomic mass is 9.84. The molecule has 3 heterocycles. The highest BCUT2D eigenvalue weighted by Gasteiger charge is 2.38. The summed E-state index contributed by atoms with van der Waals surface area (Å²) in [6.45, 7) is 3.88. The highest BCUT2D eigenvalue weighted by Crippen LogP contribution is 2.29. The molecule has 0 aromatic heterocycles. The summed E-state index contributed by atoms with van der Waals surface area (Å²) in [7, 11) is 0. The minimum absolute atomic E-state index is 0.0770. The van der Waals surface area contributed by atoms with Gasteiger partial charge in [-0.1, -0.05) is 12.1 Å². The van der Waals surface area contributed by atoms with Gasteiger partial charge in [0, 0.05) is 45.7 Å². The maximum absolute atomic E-state index is 13.4. The number of nitrogens with zero attached hydrogens (tertiary/aromatic N) is 3. The second-order valence-electron chi connectivity index (χ2n) is 9.12. The molecule has 6 nitrogen and oxygen atoms in total. The van der Waals surface area contributed by atoms with Gasteiger partial charge in [-0.25, -0.2) is 9.18 Å². The smallest absolute Gasteiger partial charge is 0.320 e. The van der Waals surface area contributed by atoms with Crippen molar-refractivity contribution in [1.29, 1.82) is 0 Å². The Morgan fingerprint density at radius 1 is 1.00 bits per heavy atom. The van der Waals surface area contributed by atoms with Crippen molar-refractivity contribution in [1.82, 2.24) is 14.7 Å². The number of hydrogen-bond acceptors (Lipinski definition) is 3. The third kappa shape index (κ3) is 4.77. The number of carbonyl (C=O) groups excluding carboxylic acids is 2.